The van der Waals surface area contributed by atoms with Crippen molar-refractivity contribution in [2.24, 2.45) is 19.2 Å². The molecule has 192 valence electrons. The van der Waals surface area contributed by atoms with Gasteiger partial charge >= 0.3 is 5.69 Å². The molecule has 0 bridgehead atoms. The third kappa shape index (κ3) is 5.12. The van der Waals surface area contributed by atoms with Gasteiger partial charge in [-0.05, 0) is 47.9 Å². The van der Waals surface area contributed by atoms with Gasteiger partial charge in [0.2, 0.25) is 5.95 Å². The maximum absolute atomic E-state index is 13.1. The van der Waals surface area contributed by atoms with Crippen LogP contribution in [0.4, 0.5) is 5.95 Å². The Bertz CT molecular complexity index is 1710. The number of aryl methyl sites for hydroxylation is 2. The minimum Gasteiger partial charge on any atom is -0.489 e. The molecule has 5 aromatic rings. The van der Waals surface area contributed by atoms with E-state index in [-0.39, 0.29) is 0 Å². The van der Waals surface area contributed by atoms with Gasteiger partial charge in [-0.3, -0.25) is 18.5 Å². The van der Waals surface area contributed by atoms with E-state index in [0.717, 1.165) is 32.6 Å². The lowest BCUT2D eigenvalue weighted by Crippen LogP contribution is -2.37. The number of anilines is 1. The minimum atomic E-state index is -0.438. The van der Waals surface area contributed by atoms with Crippen molar-refractivity contribution in [3.63, 3.8) is 0 Å². The number of fused-ring (bicyclic) bond motifs is 1. The fourth-order valence-electron chi connectivity index (χ4n) is 4.12. The first kappa shape index (κ1) is 24.8. The molecule has 1 N–H and O–H groups in total. The van der Waals surface area contributed by atoms with Gasteiger partial charge in [-0.1, -0.05) is 60.2 Å². The summed E-state index contributed by atoms with van der Waals surface area (Å²) < 4.78 is 10.0. The lowest BCUT2D eigenvalue weighted by molar-refractivity contribution is 0.306. The molecule has 2 aromatic heterocycles. The largest absolute Gasteiger partial charge is 0.489 e. The van der Waals surface area contributed by atoms with Crippen LogP contribution in [0.1, 0.15) is 22.3 Å². The first-order chi connectivity index (χ1) is 18.4. The maximum Gasteiger partial charge on any atom is 0.332 e. The number of nitrogens with zero attached hydrogens (tertiary/aromatic N) is 5. The normalized spacial score (nSPS) is 11.3. The van der Waals surface area contributed by atoms with Crippen LogP contribution in [0.15, 0.2) is 93.6 Å². The van der Waals surface area contributed by atoms with Crippen molar-refractivity contribution < 1.29 is 4.74 Å². The second kappa shape index (κ2) is 10.6. The maximum atomic E-state index is 13.1. The molecule has 0 amide bonds. The van der Waals surface area contributed by atoms with Crippen LogP contribution in [0.5, 0.6) is 5.75 Å². The van der Waals surface area contributed by atoms with E-state index in [4.69, 9.17) is 4.74 Å². The average molecular weight is 509 g/mol. The molecular formula is C29H28N6O3. The summed E-state index contributed by atoms with van der Waals surface area (Å²) in [6, 6.07) is 25.6. The quantitative estimate of drug-likeness (QED) is 0.254. The molecule has 0 aliphatic rings. The molecule has 9 nitrogen and oxygen atoms in total. The van der Waals surface area contributed by atoms with Gasteiger partial charge < -0.3 is 4.74 Å². The minimum absolute atomic E-state index is 0.294. The molecule has 2 heterocycles. The van der Waals surface area contributed by atoms with Gasteiger partial charge in [-0.15, -0.1) is 0 Å². The molecule has 0 spiro atoms. The summed E-state index contributed by atoms with van der Waals surface area (Å²) in [5.74, 6) is 1.12. The van der Waals surface area contributed by atoms with Gasteiger partial charge in [0.25, 0.3) is 5.56 Å². The smallest absolute Gasteiger partial charge is 0.332 e. The van der Waals surface area contributed by atoms with Gasteiger partial charge in [-0.25, -0.2) is 10.2 Å². The number of hydrogen-bond acceptors (Lipinski definition) is 6. The highest BCUT2D eigenvalue weighted by atomic mass is 16.5. The Labute approximate surface area is 219 Å². The van der Waals surface area contributed by atoms with Crippen molar-refractivity contribution in [1.29, 1.82) is 0 Å². The third-order valence-corrected chi connectivity index (χ3v) is 6.32. The number of benzene rings is 3. The molecule has 38 heavy (non-hydrogen) atoms. The zero-order chi connectivity index (χ0) is 26.6. The van der Waals surface area contributed by atoms with Crippen LogP contribution >= 0.6 is 0 Å². The lowest BCUT2D eigenvalue weighted by Gasteiger charge is -2.09. The van der Waals surface area contributed by atoms with E-state index >= 15 is 0 Å². The van der Waals surface area contributed by atoms with Crippen LogP contribution in [-0.4, -0.2) is 24.9 Å². The molecule has 3 aromatic carbocycles. The van der Waals surface area contributed by atoms with Gasteiger partial charge in [0, 0.05) is 14.1 Å². The molecule has 5 rings (SSSR count). The van der Waals surface area contributed by atoms with Gasteiger partial charge in [-0.2, -0.15) is 10.1 Å². The zero-order valence-electron chi connectivity index (χ0n) is 21.5. The van der Waals surface area contributed by atoms with E-state index < -0.39 is 11.2 Å². The fraction of sp³-hybridized carbons (Fsp3) is 0.172. The number of imidazole rings is 1. The lowest BCUT2D eigenvalue weighted by atomic mass is 10.1. The van der Waals surface area contributed by atoms with Crippen molar-refractivity contribution in [2.75, 3.05) is 5.43 Å². The molecule has 0 fully saturated rings. The zero-order valence-corrected chi connectivity index (χ0v) is 21.5. The summed E-state index contributed by atoms with van der Waals surface area (Å²) in [5.41, 5.74) is 6.82. The first-order valence-corrected chi connectivity index (χ1v) is 12.2. The summed E-state index contributed by atoms with van der Waals surface area (Å²) in [7, 11) is 3.06. The Morgan fingerprint density at radius 2 is 1.61 bits per heavy atom. The predicted octanol–water partition coefficient (Wildman–Crippen LogP) is 3.82. The Morgan fingerprint density at radius 3 is 2.32 bits per heavy atom. The van der Waals surface area contributed by atoms with Crippen LogP contribution in [0.25, 0.3) is 11.2 Å². The topological polar surface area (TPSA) is 95.4 Å². The number of aromatic nitrogens is 4. The van der Waals surface area contributed by atoms with E-state index in [1.807, 2.05) is 85.8 Å². The number of hydrogen-bond donors (Lipinski definition) is 1. The van der Waals surface area contributed by atoms with Crippen molar-refractivity contribution >= 4 is 23.3 Å². The molecule has 0 aliphatic carbocycles. The molecule has 0 atom stereocenters. The molecule has 0 saturated heterocycles. The predicted molar refractivity (Wildman–Crippen MR) is 149 cm³/mol. The van der Waals surface area contributed by atoms with Gasteiger partial charge in [0.05, 0.1) is 12.8 Å². The van der Waals surface area contributed by atoms with E-state index in [1.54, 1.807) is 17.8 Å². The highest BCUT2D eigenvalue weighted by Crippen LogP contribution is 2.19. The van der Waals surface area contributed by atoms with E-state index in [0.29, 0.717) is 30.3 Å². The van der Waals surface area contributed by atoms with Gasteiger partial charge in [0.15, 0.2) is 11.2 Å². The Morgan fingerprint density at radius 1 is 0.895 bits per heavy atom. The summed E-state index contributed by atoms with van der Waals surface area (Å²) >= 11 is 0. The van der Waals surface area contributed by atoms with Crippen LogP contribution in [0, 0.1) is 6.92 Å². The van der Waals surface area contributed by atoms with Crippen LogP contribution in [0.2, 0.25) is 0 Å². The van der Waals surface area contributed by atoms with Crippen LogP contribution in [-0.2, 0) is 27.2 Å². The van der Waals surface area contributed by atoms with E-state index in [1.165, 1.54) is 11.6 Å². The Hall–Kier alpha value is -4.92. The third-order valence-electron chi connectivity index (χ3n) is 6.32. The highest BCUT2D eigenvalue weighted by Gasteiger charge is 2.19. The summed E-state index contributed by atoms with van der Waals surface area (Å²) in [4.78, 5) is 30.1. The Kier molecular flexibility index (Phi) is 6.90. The Balaban J connectivity index is 1.39. The van der Waals surface area contributed by atoms with Crippen molar-refractivity contribution in [2.45, 2.75) is 20.1 Å². The summed E-state index contributed by atoms with van der Waals surface area (Å²) in [5, 5.41) is 4.36. The number of hydrazone groups is 1. The highest BCUT2D eigenvalue weighted by molar-refractivity contribution is 5.80. The molecule has 0 saturated carbocycles. The van der Waals surface area contributed by atoms with Crippen LogP contribution in [0.3, 0.4) is 0 Å². The second-order valence-electron chi connectivity index (χ2n) is 9.10. The standard InChI is InChI=1S/C29H28N6O3/c1-20-9-11-22(12-10-20)18-35-25-26(33(2)29(37)34(3)27(25)36)31-28(35)32-30-17-21-13-15-24(16-14-21)38-19-23-7-5-4-6-8-23/h4-17H,18-19H2,1-3H3,(H,31,32)/b30-17+. The first-order valence-electron chi connectivity index (χ1n) is 12.2. The van der Waals surface area contributed by atoms with E-state index in [9.17, 15) is 9.59 Å². The van der Waals surface area contributed by atoms with Crippen molar-refractivity contribution in [3.05, 3.63) is 122 Å². The van der Waals surface area contributed by atoms with Crippen LogP contribution < -0.4 is 21.4 Å². The number of ether oxygens (including phenoxy) is 1. The molecule has 0 unspecified atom stereocenters. The molecule has 0 radical (unpaired) electrons. The molecular weight excluding hydrogens is 480 g/mol. The van der Waals surface area contributed by atoms with Crippen molar-refractivity contribution in [1.82, 2.24) is 18.7 Å². The summed E-state index contributed by atoms with van der Waals surface area (Å²) in [6.07, 6.45) is 1.66. The number of rotatable bonds is 8. The molecule has 0 aliphatic heterocycles. The van der Waals surface area contributed by atoms with Gasteiger partial charge in [0.1, 0.15) is 12.4 Å². The monoisotopic (exact) mass is 508 g/mol. The van der Waals surface area contributed by atoms with Crippen molar-refractivity contribution in [3.8, 4) is 5.75 Å². The second-order valence-corrected chi connectivity index (χ2v) is 9.10. The number of nitrogens with one attached hydrogen (secondary N) is 1. The summed E-state index contributed by atoms with van der Waals surface area (Å²) in [6.45, 7) is 2.90. The molecule has 9 heteroatoms. The SMILES string of the molecule is Cc1ccc(Cn2c(N/N=C/c3ccc(OCc4ccccc4)cc3)nc3c2c(=O)n(C)c(=O)n3C)cc1. The average Bonchev–Trinajstić information content (AvgIpc) is 3.30. The fourth-order valence-corrected chi connectivity index (χ4v) is 4.12. The van der Waals surface area contributed by atoms with E-state index in [2.05, 4.69) is 15.5 Å².